The molecule has 1 saturated carbocycles. The minimum Gasteiger partial charge on any atom is -0.497 e. The van der Waals surface area contributed by atoms with E-state index in [1.807, 2.05) is 12.1 Å². The Kier molecular flexibility index (Phi) is 5.49. The molecule has 4 aliphatic rings. The molecule has 0 bridgehead atoms. The quantitative estimate of drug-likeness (QED) is 0.360. The molecular formula is C19H32N8O. The Balaban J connectivity index is 1.25. The van der Waals surface area contributed by atoms with Crippen LogP contribution in [-0.2, 0) is 6.54 Å². The second-order valence-corrected chi connectivity index (χ2v) is 8.24. The lowest BCUT2D eigenvalue weighted by Crippen LogP contribution is -2.70. The molecule has 1 aliphatic carbocycles. The van der Waals surface area contributed by atoms with E-state index in [-0.39, 0.29) is 18.6 Å². The molecule has 9 nitrogen and oxygen atoms in total. The first-order valence-corrected chi connectivity index (χ1v) is 10.5. The maximum Gasteiger partial charge on any atom is 0.119 e. The van der Waals surface area contributed by atoms with Crippen molar-refractivity contribution in [2.75, 3.05) is 13.7 Å². The number of benzene rings is 1. The molecule has 7 N–H and O–H groups in total. The van der Waals surface area contributed by atoms with Gasteiger partial charge in [0.2, 0.25) is 0 Å². The monoisotopic (exact) mass is 388 g/mol. The van der Waals surface area contributed by atoms with Crippen LogP contribution >= 0.6 is 0 Å². The van der Waals surface area contributed by atoms with Gasteiger partial charge in [-0.1, -0.05) is 25.0 Å². The zero-order chi connectivity index (χ0) is 18.9. The van der Waals surface area contributed by atoms with E-state index in [1.54, 1.807) is 7.11 Å². The first-order valence-electron chi connectivity index (χ1n) is 10.5. The highest BCUT2D eigenvalue weighted by atomic mass is 16.5. The lowest BCUT2D eigenvalue weighted by atomic mass is 9.90. The Morgan fingerprint density at radius 1 is 1.21 bits per heavy atom. The van der Waals surface area contributed by atoms with Crippen molar-refractivity contribution in [2.45, 2.75) is 62.9 Å². The number of methoxy groups -OCH3 is 1. The summed E-state index contributed by atoms with van der Waals surface area (Å²) >= 11 is 0. The molecule has 154 valence electrons. The number of hydrogen-bond acceptors (Lipinski definition) is 9. The summed E-state index contributed by atoms with van der Waals surface area (Å²) in [5, 5.41) is 17.3. The molecular weight excluding hydrogens is 356 g/mol. The van der Waals surface area contributed by atoms with Gasteiger partial charge in [0.25, 0.3) is 0 Å². The highest BCUT2D eigenvalue weighted by molar-refractivity contribution is 5.28. The standard InChI is InChI=1S/C19H32N8O/c1-28-13-6-4-5-12(9-13)10-20-19-21-11-14-17(23-19)22-15-7-2-3-8-16(15)27-18(14)24-25-26-27/h4-6,9,14-26H,2-3,7-8,10-11H2,1H3. The van der Waals surface area contributed by atoms with Crippen molar-refractivity contribution < 1.29 is 4.74 Å². The highest BCUT2D eigenvalue weighted by Gasteiger charge is 2.48. The lowest BCUT2D eigenvalue weighted by molar-refractivity contribution is 0.0501. The first kappa shape index (κ1) is 18.7. The Morgan fingerprint density at radius 2 is 2.14 bits per heavy atom. The number of hydrazine groups is 3. The summed E-state index contributed by atoms with van der Waals surface area (Å²) in [6.07, 6.45) is 5.64. The summed E-state index contributed by atoms with van der Waals surface area (Å²) in [6, 6.07) is 9.22. The predicted octanol–water partition coefficient (Wildman–Crippen LogP) is -0.727. The number of fused-ring (bicyclic) bond motifs is 5. The summed E-state index contributed by atoms with van der Waals surface area (Å²) in [6.45, 7) is 1.71. The van der Waals surface area contributed by atoms with Crippen LogP contribution in [0.1, 0.15) is 31.2 Å². The molecule has 9 heteroatoms. The third kappa shape index (κ3) is 3.64. The molecule has 0 aromatic heterocycles. The van der Waals surface area contributed by atoms with Gasteiger partial charge in [0.1, 0.15) is 12.0 Å². The van der Waals surface area contributed by atoms with Crippen molar-refractivity contribution in [1.29, 1.82) is 0 Å². The second-order valence-electron chi connectivity index (χ2n) is 8.24. The van der Waals surface area contributed by atoms with Crippen molar-refractivity contribution in [2.24, 2.45) is 5.92 Å². The van der Waals surface area contributed by atoms with Crippen LogP contribution in [0.3, 0.4) is 0 Å². The van der Waals surface area contributed by atoms with Gasteiger partial charge < -0.3 is 4.74 Å². The van der Waals surface area contributed by atoms with Gasteiger partial charge in [0.05, 0.1) is 19.4 Å². The number of nitrogens with one attached hydrogen (secondary N) is 7. The molecule has 6 unspecified atom stereocenters. The molecule has 1 aromatic carbocycles. The van der Waals surface area contributed by atoms with E-state index in [1.165, 1.54) is 31.2 Å². The fourth-order valence-corrected chi connectivity index (χ4v) is 5.11. The smallest absolute Gasteiger partial charge is 0.119 e. The second kappa shape index (κ2) is 8.21. The van der Waals surface area contributed by atoms with Crippen LogP contribution in [0.25, 0.3) is 0 Å². The van der Waals surface area contributed by atoms with Crippen LogP contribution in [-0.4, -0.2) is 49.4 Å². The van der Waals surface area contributed by atoms with Gasteiger partial charge in [-0.05, 0) is 30.5 Å². The molecule has 1 aromatic rings. The van der Waals surface area contributed by atoms with Gasteiger partial charge in [-0.15, -0.1) is 0 Å². The molecule has 3 aliphatic heterocycles. The van der Waals surface area contributed by atoms with E-state index < -0.39 is 0 Å². The molecule has 28 heavy (non-hydrogen) atoms. The third-order valence-electron chi connectivity index (χ3n) is 6.57. The van der Waals surface area contributed by atoms with Gasteiger partial charge >= 0.3 is 0 Å². The van der Waals surface area contributed by atoms with Gasteiger partial charge in [0, 0.05) is 31.1 Å². The highest BCUT2D eigenvalue weighted by Crippen LogP contribution is 2.30. The van der Waals surface area contributed by atoms with Crippen LogP contribution in [0.5, 0.6) is 5.75 Å². The molecule has 3 heterocycles. The Morgan fingerprint density at radius 3 is 3.07 bits per heavy atom. The maximum absolute atomic E-state index is 5.33. The fraction of sp³-hybridized carbons (Fsp3) is 0.684. The Bertz CT molecular complexity index is 675. The van der Waals surface area contributed by atoms with Crippen LogP contribution in [0, 0.1) is 5.92 Å². The number of hydrogen-bond donors (Lipinski definition) is 7. The summed E-state index contributed by atoms with van der Waals surface area (Å²) in [5.74, 6) is 1.30. The SMILES string of the molecule is COc1cccc(CNC2NCC3C(N2)NC2CCCCC2N2NNNC32)c1. The van der Waals surface area contributed by atoms with Crippen LogP contribution < -0.4 is 42.5 Å². The fourth-order valence-electron chi connectivity index (χ4n) is 5.11. The zero-order valence-corrected chi connectivity index (χ0v) is 16.4. The van der Waals surface area contributed by atoms with E-state index in [2.05, 4.69) is 54.9 Å². The summed E-state index contributed by atoms with van der Waals surface area (Å²) in [4.78, 5) is 0. The average Bonchev–Trinajstić information content (AvgIpc) is 3.18. The molecule has 4 fully saturated rings. The summed E-state index contributed by atoms with van der Waals surface area (Å²) < 4.78 is 5.33. The van der Waals surface area contributed by atoms with E-state index in [0.29, 0.717) is 18.0 Å². The largest absolute Gasteiger partial charge is 0.497 e. The Labute approximate surface area is 166 Å². The van der Waals surface area contributed by atoms with Gasteiger partial charge in [0.15, 0.2) is 0 Å². The van der Waals surface area contributed by atoms with Crippen molar-refractivity contribution in [1.82, 2.24) is 42.8 Å². The summed E-state index contributed by atoms with van der Waals surface area (Å²) in [5.41, 5.74) is 11.1. The molecule has 5 rings (SSSR count). The van der Waals surface area contributed by atoms with Gasteiger partial charge in [-0.25, -0.2) is 10.4 Å². The van der Waals surface area contributed by atoms with E-state index >= 15 is 0 Å². The third-order valence-corrected chi connectivity index (χ3v) is 6.57. The van der Waals surface area contributed by atoms with Crippen LogP contribution in [0.15, 0.2) is 24.3 Å². The molecule has 0 amide bonds. The van der Waals surface area contributed by atoms with E-state index in [4.69, 9.17) is 4.74 Å². The van der Waals surface area contributed by atoms with Crippen molar-refractivity contribution in [3.05, 3.63) is 29.8 Å². The van der Waals surface area contributed by atoms with Crippen LogP contribution in [0.2, 0.25) is 0 Å². The van der Waals surface area contributed by atoms with Crippen LogP contribution in [0.4, 0.5) is 0 Å². The minimum absolute atomic E-state index is 0.0656. The van der Waals surface area contributed by atoms with Gasteiger partial charge in [-0.3, -0.25) is 21.3 Å². The minimum atomic E-state index is 0.0656. The molecule has 6 atom stereocenters. The number of rotatable bonds is 4. The lowest BCUT2D eigenvalue weighted by Gasteiger charge is -2.41. The molecule has 3 saturated heterocycles. The zero-order valence-electron chi connectivity index (χ0n) is 16.4. The Hall–Kier alpha value is -1.30. The van der Waals surface area contributed by atoms with E-state index in [0.717, 1.165) is 18.8 Å². The van der Waals surface area contributed by atoms with Crippen molar-refractivity contribution in [3.8, 4) is 5.75 Å². The van der Waals surface area contributed by atoms with Crippen molar-refractivity contribution >= 4 is 0 Å². The normalized spacial score (nSPS) is 38.2. The number of ether oxygens (including phenoxy) is 1. The predicted molar refractivity (Wildman–Crippen MR) is 106 cm³/mol. The average molecular weight is 389 g/mol. The molecule has 0 spiro atoms. The topological polar surface area (TPSA) is 96.7 Å². The summed E-state index contributed by atoms with van der Waals surface area (Å²) in [7, 11) is 1.71. The maximum atomic E-state index is 5.33. The van der Waals surface area contributed by atoms with Crippen molar-refractivity contribution in [3.63, 3.8) is 0 Å². The van der Waals surface area contributed by atoms with E-state index in [9.17, 15) is 0 Å². The first-order chi connectivity index (χ1) is 13.8. The van der Waals surface area contributed by atoms with Gasteiger partial charge in [-0.2, -0.15) is 11.1 Å². The molecule has 0 radical (unpaired) electrons. The number of nitrogens with zero attached hydrogens (tertiary/aromatic N) is 1.